The van der Waals surface area contributed by atoms with Crippen LogP contribution in [0.4, 0.5) is 4.79 Å². The number of piperidine rings is 1. The first-order valence-electron chi connectivity index (χ1n) is 9.12. The molecule has 1 fully saturated rings. The summed E-state index contributed by atoms with van der Waals surface area (Å²) in [5.41, 5.74) is 3.63. The maximum atomic E-state index is 12.0. The fraction of sp³-hybridized carbons (Fsp3) is 0.842. The number of carboxylic acids is 1. The van der Waals surface area contributed by atoms with Gasteiger partial charge in [-0.05, 0) is 66.8 Å². The normalized spacial score (nSPS) is 17.2. The van der Waals surface area contributed by atoms with Crippen LogP contribution >= 0.6 is 0 Å². The molecule has 3 N–H and O–H groups in total. The highest BCUT2D eigenvalue weighted by molar-refractivity contribution is 5.95. The minimum atomic E-state index is -0.749. The van der Waals surface area contributed by atoms with Gasteiger partial charge in [-0.2, -0.15) is 0 Å². The van der Waals surface area contributed by atoms with Crippen LogP contribution in [0, 0.1) is 10.8 Å². The topological polar surface area (TPSA) is 110 Å². The molecule has 1 heterocycles. The zero-order chi connectivity index (χ0) is 20.8. The largest absolute Gasteiger partial charge is 0.481 e. The van der Waals surface area contributed by atoms with Crippen molar-refractivity contribution in [3.63, 3.8) is 0 Å². The first-order valence-corrected chi connectivity index (χ1v) is 9.12. The van der Waals surface area contributed by atoms with E-state index in [0.717, 1.165) is 19.3 Å². The van der Waals surface area contributed by atoms with Gasteiger partial charge in [-0.15, -0.1) is 0 Å². The summed E-state index contributed by atoms with van der Waals surface area (Å²) in [4.78, 5) is 35.5. The Bertz CT molecular complexity index is 507. The summed E-state index contributed by atoms with van der Waals surface area (Å²) in [6.45, 7) is 13.6. The van der Waals surface area contributed by atoms with Gasteiger partial charge in [0.25, 0.3) is 0 Å². The number of nitrogens with zero attached hydrogens (tertiary/aromatic N) is 1. The number of aliphatic carboxylic acids is 1. The third-order valence-electron chi connectivity index (χ3n) is 4.21. The zero-order valence-corrected chi connectivity index (χ0v) is 17.3. The number of imide groups is 1. The molecular formula is C19H36N2O5. The highest BCUT2D eigenvalue weighted by Gasteiger charge is 2.40. The molecule has 1 rings (SSSR count). The Labute approximate surface area is 157 Å². The molecule has 2 amide bonds. The van der Waals surface area contributed by atoms with Crippen molar-refractivity contribution in [3.05, 3.63) is 0 Å². The van der Waals surface area contributed by atoms with E-state index in [9.17, 15) is 14.4 Å². The lowest BCUT2D eigenvalue weighted by Crippen LogP contribution is -2.50. The first kappa shape index (κ1) is 24.4. The number of amides is 2. The van der Waals surface area contributed by atoms with E-state index in [1.807, 2.05) is 13.8 Å². The molecule has 0 unspecified atom stereocenters. The van der Waals surface area contributed by atoms with Crippen molar-refractivity contribution < 1.29 is 24.2 Å². The maximum absolute atomic E-state index is 12.0. The summed E-state index contributed by atoms with van der Waals surface area (Å²) in [5.74, 6) is -0.881. The fourth-order valence-electron chi connectivity index (χ4n) is 2.40. The van der Waals surface area contributed by atoms with E-state index in [0.29, 0.717) is 19.5 Å². The van der Waals surface area contributed by atoms with Gasteiger partial charge in [0.15, 0.2) is 0 Å². The van der Waals surface area contributed by atoms with Crippen LogP contribution in [0.1, 0.15) is 74.1 Å². The number of carbonyl (C=O) groups excluding carboxylic acids is 2. The SMILES string of the molecule is CC(C)(C)OC(=O)N1CCCC(C)(C)C1=O.CC(C)(CCCN)C(=O)O. The van der Waals surface area contributed by atoms with Crippen molar-refractivity contribution in [2.24, 2.45) is 16.6 Å². The monoisotopic (exact) mass is 372 g/mol. The summed E-state index contributed by atoms with van der Waals surface area (Å²) in [5, 5.41) is 8.63. The van der Waals surface area contributed by atoms with Crippen LogP contribution in [0.15, 0.2) is 0 Å². The molecule has 0 bridgehead atoms. The standard InChI is InChI=1S/C12H21NO3.C7H15NO2/c1-11(2,3)16-10(15)13-8-6-7-12(4,5)9(13)14;1-7(2,6(9)10)4-3-5-8/h6-8H2,1-5H3;3-5,8H2,1-2H3,(H,9,10). The number of carbonyl (C=O) groups is 3. The van der Waals surface area contributed by atoms with Gasteiger partial charge in [-0.25, -0.2) is 9.69 Å². The van der Waals surface area contributed by atoms with Gasteiger partial charge in [-0.3, -0.25) is 9.59 Å². The van der Waals surface area contributed by atoms with Crippen molar-refractivity contribution in [2.75, 3.05) is 13.1 Å². The second-order valence-electron chi connectivity index (χ2n) is 9.01. The average molecular weight is 373 g/mol. The first-order chi connectivity index (χ1) is 11.6. The number of rotatable bonds is 4. The van der Waals surface area contributed by atoms with Crippen LogP contribution in [-0.2, 0) is 14.3 Å². The van der Waals surface area contributed by atoms with Crippen molar-refractivity contribution in [1.82, 2.24) is 4.90 Å². The molecule has 0 aromatic rings. The van der Waals surface area contributed by atoms with Gasteiger partial charge in [0.05, 0.1) is 5.41 Å². The predicted octanol–water partition coefficient (Wildman–Crippen LogP) is 3.41. The number of carboxylic acid groups (broad SMARTS) is 1. The smallest absolute Gasteiger partial charge is 0.417 e. The molecule has 152 valence electrons. The van der Waals surface area contributed by atoms with E-state index >= 15 is 0 Å². The third-order valence-corrected chi connectivity index (χ3v) is 4.21. The van der Waals surface area contributed by atoms with Crippen LogP contribution in [0.2, 0.25) is 0 Å². The Morgan fingerprint density at radius 3 is 2.19 bits per heavy atom. The minimum absolute atomic E-state index is 0.131. The summed E-state index contributed by atoms with van der Waals surface area (Å²) >= 11 is 0. The van der Waals surface area contributed by atoms with Gasteiger partial charge in [0.2, 0.25) is 5.91 Å². The molecule has 1 aliphatic rings. The van der Waals surface area contributed by atoms with Crippen LogP contribution in [0.3, 0.4) is 0 Å². The third kappa shape index (κ3) is 8.17. The highest BCUT2D eigenvalue weighted by Crippen LogP contribution is 2.30. The Kier molecular flexibility index (Phi) is 8.76. The van der Waals surface area contributed by atoms with Crippen molar-refractivity contribution in [2.45, 2.75) is 79.8 Å². The lowest BCUT2D eigenvalue weighted by molar-refractivity contribution is -0.147. The van der Waals surface area contributed by atoms with E-state index in [-0.39, 0.29) is 5.91 Å². The predicted molar refractivity (Wildman–Crippen MR) is 101 cm³/mol. The molecule has 0 aliphatic carbocycles. The van der Waals surface area contributed by atoms with E-state index < -0.39 is 28.5 Å². The summed E-state index contributed by atoms with van der Waals surface area (Å²) in [7, 11) is 0. The second kappa shape index (κ2) is 9.35. The fourth-order valence-corrected chi connectivity index (χ4v) is 2.40. The highest BCUT2D eigenvalue weighted by atomic mass is 16.6. The Morgan fingerprint density at radius 2 is 1.77 bits per heavy atom. The van der Waals surface area contributed by atoms with E-state index in [1.54, 1.807) is 34.6 Å². The lowest BCUT2D eigenvalue weighted by atomic mass is 9.83. The number of nitrogens with two attached hydrogens (primary N) is 1. The molecule has 7 nitrogen and oxygen atoms in total. The number of ether oxygens (including phenoxy) is 1. The van der Waals surface area contributed by atoms with E-state index in [4.69, 9.17) is 15.6 Å². The second-order valence-corrected chi connectivity index (χ2v) is 9.01. The molecule has 0 aromatic carbocycles. The number of hydrogen-bond acceptors (Lipinski definition) is 5. The van der Waals surface area contributed by atoms with Crippen LogP contribution in [-0.4, -0.2) is 46.7 Å². The summed E-state index contributed by atoms with van der Waals surface area (Å²) in [6, 6.07) is 0. The van der Waals surface area contributed by atoms with Crippen molar-refractivity contribution in [3.8, 4) is 0 Å². The van der Waals surface area contributed by atoms with Crippen LogP contribution in [0.5, 0.6) is 0 Å². The molecule has 1 aliphatic heterocycles. The van der Waals surface area contributed by atoms with Crippen LogP contribution in [0.25, 0.3) is 0 Å². The van der Waals surface area contributed by atoms with E-state index in [1.165, 1.54) is 4.90 Å². The Balaban J connectivity index is 0.000000541. The zero-order valence-electron chi connectivity index (χ0n) is 17.3. The molecule has 0 spiro atoms. The average Bonchev–Trinajstić information content (AvgIpc) is 2.46. The molecule has 0 saturated carbocycles. The molecule has 0 aromatic heterocycles. The van der Waals surface area contributed by atoms with Crippen molar-refractivity contribution in [1.29, 1.82) is 0 Å². The number of hydrogen-bond donors (Lipinski definition) is 2. The molecule has 7 heteroatoms. The lowest BCUT2D eigenvalue weighted by Gasteiger charge is -2.36. The van der Waals surface area contributed by atoms with Gasteiger partial charge in [-0.1, -0.05) is 13.8 Å². The van der Waals surface area contributed by atoms with Gasteiger partial charge < -0.3 is 15.6 Å². The molecule has 1 saturated heterocycles. The minimum Gasteiger partial charge on any atom is -0.481 e. The van der Waals surface area contributed by atoms with E-state index in [2.05, 4.69) is 0 Å². The van der Waals surface area contributed by atoms with Gasteiger partial charge in [0.1, 0.15) is 5.60 Å². The molecule has 26 heavy (non-hydrogen) atoms. The van der Waals surface area contributed by atoms with Gasteiger partial charge >= 0.3 is 12.1 Å². The number of likely N-dealkylation sites (tertiary alicyclic amines) is 1. The quantitative estimate of drug-likeness (QED) is 0.782. The van der Waals surface area contributed by atoms with Crippen molar-refractivity contribution >= 4 is 18.0 Å². The summed E-state index contributed by atoms with van der Waals surface area (Å²) in [6.07, 6.45) is 2.58. The maximum Gasteiger partial charge on any atom is 0.417 e. The Hall–Kier alpha value is -1.63. The molecular weight excluding hydrogens is 336 g/mol. The van der Waals surface area contributed by atoms with Crippen LogP contribution < -0.4 is 5.73 Å². The van der Waals surface area contributed by atoms with Gasteiger partial charge in [0, 0.05) is 12.0 Å². The summed E-state index contributed by atoms with van der Waals surface area (Å²) < 4.78 is 5.21. The molecule has 0 radical (unpaired) electrons. The Morgan fingerprint density at radius 1 is 1.23 bits per heavy atom. The molecule has 0 atom stereocenters.